The molecule has 1 aromatic heterocycles. The van der Waals surface area contributed by atoms with E-state index >= 15 is 0 Å². The summed E-state index contributed by atoms with van der Waals surface area (Å²) in [6.45, 7) is 7.76. The molecule has 0 aliphatic heterocycles. The first kappa shape index (κ1) is 26.0. The first-order valence-corrected chi connectivity index (χ1v) is 13.4. The quantitative estimate of drug-likeness (QED) is 0.318. The molecule has 0 bridgehead atoms. The second kappa shape index (κ2) is 12.7. The zero-order chi connectivity index (χ0) is 21.5. The normalized spacial score (nSPS) is 11.0. The highest BCUT2D eigenvalue weighted by Gasteiger charge is 2.21. The van der Waals surface area contributed by atoms with Crippen LogP contribution in [0.25, 0.3) is 10.2 Å². The fraction of sp³-hybridized carbons (Fsp3) is 0.391. The van der Waals surface area contributed by atoms with E-state index in [-0.39, 0.29) is 18.3 Å². The number of aromatic nitrogens is 1. The number of nitrogens with zero attached hydrogens (tertiary/aromatic N) is 3. The summed E-state index contributed by atoms with van der Waals surface area (Å²) in [6, 6.07) is 14.5. The Morgan fingerprint density at radius 2 is 1.71 bits per heavy atom. The summed E-state index contributed by atoms with van der Waals surface area (Å²) in [5, 5.41) is 0.796. The van der Waals surface area contributed by atoms with Gasteiger partial charge in [-0.1, -0.05) is 43.4 Å². The van der Waals surface area contributed by atoms with E-state index in [9.17, 15) is 4.79 Å². The molecule has 168 valence electrons. The molecule has 0 radical (unpaired) electrons. The first-order chi connectivity index (χ1) is 14.6. The molecule has 2 aromatic carbocycles. The van der Waals surface area contributed by atoms with Gasteiger partial charge in [-0.3, -0.25) is 9.69 Å². The van der Waals surface area contributed by atoms with Crippen molar-refractivity contribution in [2.45, 2.75) is 30.1 Å². The third-order valence-corrected chi connectivity index (χ3v) is 7.73. The summed E-state index contributed by atoms with van der Waals surface area (Å²) in [5.74, 6) is 0.101. The number of thiazole rings is 1. The van der Waals surface area contributed by atoms with E-state index in [2.05, 4.69) is 73.7 Å². The maximum atomic E-state index is 13.4. The van der Waals surface area contributed by atoms with E-state index in [1.807, 2.05) is 4.90 Å². The van der Waals surface area contributed by atoms with Gasteiger partial charge in [0.2, 0.25) is 5.91 Å². The van der Waals surface area contributed by atoms with Gasteiger partial charge in [-0.05, 0) is 55.4 Å². The van der Waals surface area contributed by atoms with Crippen LogP contribution in [0.3, 0.4) is 0 Å². The van der Waals surface area contributed by atoms with Gasteiger partial charge in [0.1, 0.15) is 0 Å². The van der Waals surface area contributed by atoms with Gasteiger partial charge in [-0.15, -0.1) is 35.9 Å². The molecule has 0 spiro atoms. The molecule has 0 N–H and O–H groups in total. The van der Waals surface area contributed by atoms with Gasteiger partial charge in [0.15, 0.2) is 5.13 Å². The molecular formula is C23H30ClN3OS3. The van der Waals surface area contributed by atoms with Crippen molar-refractivity contribution in [3.8, 4) is 0 Å². The minimum Gasteiger partial charge on any atom is -0.302 e. The molecule has 1 amide bonds. The zero-order valence-corrected chi connectivity index (χ0v) is 21.7. The molecule has 0 unspecified atom stereocenters. The van der Waals surface area contributed by atoms with Crippen LogP contribution in [-0.2, 0) is 11.2 Å². The Balaban J connectivity index is 0.00000341. The van der Waals surface area contributed by atoms with Crippen LogP contribution in [-0.4, -0.2) is 54.5 Å². The number of rotatable bonds is 10. The molecular weight excluding hydrogens is 466 g/mol. The molecule has 0 atom stereocenters. The maximum Gasteiger partial charge on any atom is 0.233 e. The maximum absolute atomic E-state index is 13.4. The largest absolute Gasteiger partial charge is 0.302 e. The number of halogens is 1. The van der Waals surface area contributed by atoms with Crippen molar-refractivity contribution in [2.24, 2.45) is 0 Å². The van der Waals surface area contributed by atoms with Gasteiger partial charge < -0.3 is 4.90 Å². The smallest absolute Gasteiger partial charge is 0.233 e. The van der Waals surface area contributed by atoms with Gasteiger partial charge in [0.05, 0.1) is 16.6 Å². The van der Waals surface area contributed by atoms with E-state index < -0.39 is 0 Å². The van der Waals surface area contributed by atoms with Gasteiger partial charge in [-0.2, -0.15) is 0 Å². The fourth-order valence-electron chi connectivity index (χ4n) is 3.31. The van der Waals surface area contributed by atoms with Crippen LogP contribution in [0.1, 0.15) is 19.4 Å². The summed E-state index contributed by atoms with van der Waals surface area (Å²) in [4.78, 5) is 24.8. The van der Waals surface area contributed by atoms with Crippen molar-refractivity contribution in [3.05, 3.63) is 48.0 Å². The Labute approximate surface area is 204 Å². The third kappa shape index (κ3) is 6.62. The molecule has 31 heavy (non-hydrogen) atoms. The van der Waals surface area contributed by atoms with Crippen LogP contribution in [0.2, 0.25) is 0 Å². The number of benzene rings is 2. The molecule has 1 heterocycles. The number of carbonyl (C=O) groups is 1. The average Bonchev–Trinajstić information content (AvgIpc) is 3.21. The number of hydrogen-bond acceptors (Lipinski definition) is 6. The van der Waals surface area contributed by atoms with Crippen LogP contribution < -0.4 is 4.90 Å². The zero-order valence-electron chi connectivity index (χ0n) is 18.5. The van der Waals surface area contributed by atoms with Crippen molar-refractivity contribution in [1.29, 1.82) is 0 Å². The van der Waals surface area contributed by atoms with E-state index in [4.69, 9.17) is 4.98 Å². The summed E-state index contributed by atoms with van der Waals surface area (Å²) in [6.07, 6.45) is 4.51. The molecule has 0 fully saturated rings. The highest BCUT2D eigenvalue weighted by Crippen LogP contribution is 2.34. The molecule has 3 rings (SSSR count). The summed E-state index contributed by atoms with van der Waals surface area (Å²) in [7, 11) is 0. The Morgan fingerprint density at radius 1 is 1.00 bits per heavy atom. The lowest BCUT2D eigenvalue weighted by atomic mass is 10.1. The van der Waals surface area contributed by atoms with Crippen molar-refractivity contribution >= 4 is 68.5 Å². The van der Waals surface area contributed by atoms with Crippen molar-refractivity contribution < 1.29 is 4.79 Å². The topological polar surface area (TPSA) is 36.4 Å². The number of likely N-dealkylation sites (N-methyl/N-ethyl adjacent to an activating group) is 1. The van der Waals surface area contributed by atoms with Crippen molar-refractivity contribution in [3.63, 3.8) is 0 Å². The number of anilines is 1. The second-order valence-corrected chi connectivity index (χ2v) is 9.64. The average molecular weight is 496 g/mol. The molecule has 3 aromatic rings. The number of para-hydroxylation sites is 1. The van der Waals surface area contributed by atoms with Crippen LogP contribution in [0.15, 0.2) is 52.3 Å². The Bertz CT molecular complexity index is 974. The standard InChI is InChI=1S/C23H29N3OS3.ClH/c1-5-25(6-2)14-15-26(21(27)16-17-10-12-18(28-3)13-11-17)23-24-22-19(29-4)8-7-9-20(22)30-23;/h7-13H,5-6,14-16H2,1-4H3;1H. The molecule has 0 saturated carbocycles. The van der Waals surface area contributed by atoms with E-state index in [0.29, 0.717) is 13.0 Å². The molecule has 4 nitrogen and oxygen atoms in total. The molecule has 0 aliphatic rings. The monoisotopic (exact) mass is 495 g/mol. The Hall–Kier alpha value is -1.25. The van der Waals surface area contributed by atoms with Crippen LogP contribution in [0.4, 0.5) is 5.13 Å². The van der Waals surface area contributed by atoms with Gasteiger partial charge in [0, 0.05) is 22.9 Å². The SMILES string of the molecule is CCN(CC)CCN(C(=O)Cc1ccc(SC)cc1)c1nc2c(SC)cccc2s1.Cl. The highest BCUT2D eigenvalue weighted by atomic mass is 35.5. The van der Waals surface area contributed by atoms with Crippen LogP contribution >= 0.6 is 47.3 Å². The molecule has 0 aliphatic carbocycles. The Kier molecular flexibility index (Phi) is 10.7. The molecule has 0 saturated heterocycles. The fourth-order valence-corrected chi connectivity index (χ4v) is 5.39. The number of fused-ring (bicyclic) bond motifs is 1. The second-order valence-electron chi connectivity index (χ2n) is 6.90. The number of hydrogen-bond donors (Lipinski definition) is 0. The van der Waals surface area contributed by atoms with E-state index in [1.165, 1.54) is 4.90 Å². The highest BCUT2D eigenvalue weighted by molar-refractivity contribution is 7.99. The van der Waals surface area contributed by atoms with Crippen molar-refractivity contribution in [1.82, 2.24) is 9.88 Å². The minimum atomic E-state index is 0. The van der Waals surface area contributed by atoms with E-state index in [0.717, 1.165) is 45.4 Å². The number of thioether (sulfide) groups is 2. The summed E-state index contributed by atoms with van der Waals surface area (Å²) in [5.41, 5.74) is 2.03. The molecule has 8 heteroatoms. The lowest BCUT2D eigenvalue weighted by molar-refractivity contribution is -0.118. The van der Waals surface area contributed by atoms with Crippen LogP contribution in [0.5, 0.6) is 0 Å². The number of amides is 1. The van der Waals surface area contributed by atoms with Gasteiger partial charge in [0.25, 0.3) is 0 Å². The van der Waals surface area contributed by atoms with Gasteiger partial charge in [-0.25, -0.2) is 4.98 Å². The predicted molar refractivity (Wildman–Crippen MR) is 141 cm³/mol. The third-order valence-electron chi connectivity index (χ3n) is 5.17. The lowest BCUT2D eigenvalue weighted by Gasteiger charge is -2.24. The minimum absolute atomic E-state index is 0. The number of carbonyl (C=O) groups excluding carboxylic acids is 1. The first-order valence-electron chi connectivity index (χ1n) is 10.2. The van der Waals surface area contributed by atoms with E-state index in [1.54, 1.807) is 34.9 Å². The summed E-state index contributed by atoms with van der Waals surface area (Å²) < 4.78 is 1.13. The van der Waals surface area contributed by atoms with Crippen molar-refractivity contribution in [2.75, 3.05) is 43.6 Å². The lowest BCUT2D eigenvalue weighted by Crippen LogP contribution is -2.39. The predicted octanol–water partition coefficient (Wildman–Crippen LogP) is 6.08. The Morgan fingerprint density at radius 3 is 2.32 bits per heavy atom. The van der Waals surface area contributed by atoms with Gasteiger partial charge >= 0.3 is 0 Å². The summed E-state index contributed by atoms with van der Waals surface area (Å²) >= 11 is 5.01. The van der Waals surface area contributed by atoms with Crippen LogP contribution in [0, 0.1) is 0 Å².